The van der Waals surface area contributed by atoms with Gasteiger partial charge >= 0.3 is 0 Å². The van der Waals surface area contributed by atoms with Crippen LogP contribution in [0, 0.1) is 18.8 Å². The lowest BCUT2D eigenvalue weighted by Gasteiger charge is -2.34. The van der Waals surface area contributed by atoms with Gasteiger partial charge in [-0.15, -0.1) is 0 Å². The lowest BCUT2D eigenvalue weighted by molar-refractivity contribution is -0.125. The molecule has 10 nitrogen and oxygen atoms in total. The molecule has 1 fully saturated rings. The van der Waals surface area contributed by atoms with Crippen molar-refractivity contribution in [1.82, 2.24) is 29.4 Å². The zero-order valence-electron chi connectivity index (χ0n) is 22.5. The fraction of sp³-hybridized carbons (Fsp3) is 0.233. The highest BCUT2D eigenvalue weighted by molar-refractivity contribution is 5.93. The molecular formula is C30H28N8O2. The summed E-state index contributed by atoms with van der Waals surface area (Å²) in [5.74, 6) is 8.10. The Hall–Kier alpha value is -5.17. The van der Waals surface area contributed by atoms with E-state index in [0.717, 1.165) is 45.1 Å². The summed E-state index contributed by atoms with van der Waals surface area (Å²) in [6, 6.07) is 15.7. The topological polar surface area (TPSA) is 101 Å². The molecule has 0 unspecified atom stereocenters. The van der Waals surface area contributed by atoms with Crippen LogP contribution < -0.4 is 15.0 Å². The molecule has 1 amide bonds. The van der Waals surface area contributed by atoms with Crippen molar-refractivity contribution in [2.24, 2.45) is 7.05 Å². The van der Waals surface area contributed by atoms with Gasteiger partial charge in [-0.1, -0.05) is 5.92 Å². The van der Waals surface area contributed by atoms with E-state index < -0.39 is 0 Å². The molecular weight excluding hydrogens is 504 g/mol. The molecule has 0 aliphatic carbocycles. The number of benzene rings is 2. The molecule has 3 aromatic heterocycles. The molecule has 0 spiro atoms. The number of hydrogen-bond donors (Lipinski definition) is 1. The van der Waals surface area contributed by atoms with Gasteiger partial charge in [-0.3, -0.25) is 4.79 Å². The summed E-state index contributed by atoms with van der Waals surface area (Å²) in [6.45, 7) is 6.25. The molecule has 1 N–H and O–H groups in total. The maximum atomic E-state index is 12.1. The molecule has 0 bridgehead atoms. The second kappa shape index (κ2) is 10.5. The molecule has 200 valence electrons. The molecule has 40 heavy (non-hydrogen) atoms. The number of nitrogens with zero attached hydrogens (tertiary/aromatic N) is 7. The van der Waals surface area contributed by atoms with Gasteiger partial charge in [0, 0.05) is 45.0 Å². The first-order chi connectivity index (χ1) is 19.5. The van der Waals surface area contributed by atoms with Crippen molar-refractivity contribution in [2.75, 3.05) is 36.4 Å². The number of fused-ring (bicyclic) bond motifs is 2. The van der Waals surface area contributed by atoms with Crippen LogP contribution in [0.25, 0.3) is 22.1 Å². The molecule has 2 aromatic carbocycles. The van der Waals surface area contributed by atoms with Crippen LogP contribution in [0.2, 0.25) is 0 Å². The number of amides is 1. The number of aromatic nitrogens is 5. The predicted octanol–water partition coefficient (Wildman–Crippen LogP) is 4.43. The standard InChI is InChI=1S/C30H28N8O2/c1-4-5-28(39)38-14-12-37(13-15-38)27-11-8-23-29(35-27)30(32-18-31-23)34-21-6-10-26(20(2)16-21)40-22-7-9-25-24(17-22)33-19-36(25)3/h6-11,16-19H,12-15H2,1-3H3,(H,31,32,34). The summed E-state index contributed by atoms with van der Waals surface area (Å²) < 4.78 is 8.15. The van der Waals surface area contributed by atoms with Gasteiger partial charge in [0.2, 0.25) is 0 Å². The molecule has 10 heteroatoms. The third kappa shape index (κ3) is 4.97. The van der Waals surface area contributed by atoms with Gasteiger partial charge in [0.25, 0.3) is 5.91 Å². The number of piperazine rings is 1. The van der Waals surface area contributed by atoms with Crippen LogP contribution in [-0.4, -0.2) is 61.5 Å². The van der Waals surface area contributed by atoms with Crippen LogP contribution in [0.4, 0.5) is 17.3 Å². The third-order valence-corrected chi connectivity index (χ3v) is 6.95. The van der Waals surface area contributed by atoms with E-state index in [9.17, 15) is 4.79 Å². The largest absolute Gasteiger partial charge is 0.457 e. The Morgan fingerprint density at radius 2 is 1.82 bits per heavy atom. The van der Waals surface area contributed by atoms with Gasteiger partial charge in [0.15, 0.2) is 5.82 Å². The lowest BCUT2D eigenvalue weighted by Crippen LogP contribution is -2.48. The van der Waals surface area contributed by atoms with Crippen molar-refractivity contribution < 1.29 is 9.53 Å². The molecule has 5 aromatic rings. The van der Waals surface area contributed by atoms with E-state index in [2.05, 4.69) is 37.0 Å². The van der Waals surface area contributed by atoms with Gasteiger partial charge in [-0.05, 0) is 67.8 Å². The highest BCUT2D eigenvalue weighted by atomic mass is 16.5. The van der Waals surface area contributed by atoms with Crippen LogP contribution >= 0.6 is 0 Å². The second-order valence-corrected chi connectivity index (χ2v) is 9.63. The number of imidazole rings is 1. The van der Waals surface area contributed by atoms with Gasteiger partial charge in [-0.2, -0.15) is 0 Å². The number of carbonyl (C=O) groups excluding carboxylic acids is 1. The summed E-state index contributed by atoms with van der Waals surface area (Å²) >= 11 is 0. The average molecular weight is 533 g/mol. The summed E-state index contributed by atoms with van der Waals surface area (Å²) in [5, 5.41) is 3.40. The van der Waals surface area contributed by atoms with Crippen molar-refractivity contribution in [3.05, 3.63) is 66.7 Å². The minimum absolute atomic E-state index is 0.130. The molecule has 0 radical (unpaired) electrons. The van der Waals surface area contributed by atoms with Crippen LogP contribution in [-0.2, 0) is 11.8 Å². The number of pyridine rings is 1. The second-order valence-electron chi connectivity index (χ2n) is 9.63. The lowest BCUT2D eigenvalue weighted by atomic mass is 10.2. The first-order valence-electron chi connectivity index (χ1n) is 13.0. The Morgan fingerprint density at radius 3 is 2.62 bits per heavy atom. The monoisotopic (exact) mass is 532 g/mol. The Bertz CT molecular complexity index is 1790. The quantitative estimate of drug-likeness (QED) is 0.332. The molecule has 1 saturated heterocycles. The van der Waals surface area contributed by atoms with E-state index >= 15 is 0 Å². The molecule has 0 saturated carbocycles. The first kappa shape index (κ1) is 25.1. The van der Waals surface area contributed by atoms with E-state index in [4.69, 9.17) is 9.72 Å². The van der Waals surface area contributed by atoms with Crippen LogP contribution in [0.1, 0.15) is 12.5 Å². The fourth-order valence-corrected chi connectivity index (χ4v) is 4.81. The number of hydrogen-bond acceptors (Lipinski definition) is 8. The van der Waals surface area contributed by atoms with Crippen molar-refractivity contribution in [1.29, 1.82) is 0 Å². The first-order valence-corrected chi connectivity index (χ1v) is 13.0. The molecule has 1 aliphatic rings. The fourth-order valence-electron chi connectivity index (χ4n) is 4.81. The number of anilines is 3. The Morgan fingerprint density at radius 1 is 0.975 bits per heavy atom. The normalized spacial score (nSPS) is 13.3. The molecule has 6 rings (SSSR count). The highest BCUT2D eigenvalue weighted by Gasteiger charge is 2.21. The van der Waals surface area contributed by atoms with Gasteiger partial charge in [-0.25, -0.2) is 19.9 Å². The van der Waals surface area contributed by atoms with Crippen molar-refractivity contribution in [3.63, 3.8) is 0 Å². The van der Waals surface area contributed by atoms with Crippen LogP contribution in [0.15, 0.2) is 61.2 Å². The zero-order chi connectivity index (χ0) is 27.6. The molecule has 4 heterocycles. The van der Waals surface area contributed by atoms with Gasteiger partial charge < -0.3 is 24.4 Å². The number of rotatable bonds is 5. The summed E-state index contributed by atoms with van der Waals surface area (Å²) in [5.41, 5.74) is 5.20. The van der Waals surface area contributed by atoms with Crippen molar-refractivity contribution in [3.8, 4) is 23.3 Å². The van der Waals surface area contributed by atoms with Crippen LogP contribution in [0.5, 0.6) is 11.5 Å². The smallest absolute Gasteiger partial charge is 0.298 e. The van der Waals surface area contributed by atoms with E-state index in [1.54, 1.807) is 18.2 Å². The Balaban J connectivity index is 1.19. The maximum absolute atomic E-state index is 12.1. The van der Waals surface area contributed by atoms with Crippen molar-refractivity contribution >= 4 is 45.3 Å². The SMILES string of the molecule is CC#CC(=O)N1CCN(c2ccc3ncnc(Nc4ccc(Oc5ccc6c(c5)ncn6C)c(C)c4)c3n2)CC1. The molecule has 1 aliphatic heterocycles. The number of aryl methyl sites for hydroxylation is 2. The number of carbonyl (C=O) groups is 1. The maximum Gasteiger partial charge on any atom is 0.298 e. The Kier molecular flexibility index (Phi) is 6.62. The summed E-state index contributed by atoms with van der Waals surface area (Å²) in [4.78, 5) is 34.2. The summed E-state index contributed by atoms with van der Waals surface area (Å²) in [6.07, 6.45) is 3.32. The number of ether oxygens (including phenoxy) is 1. The number of nitrogens with one attached hydrogen (secondary N) is 1. The van der Waals surface area contributed by atoms with E-state index in [-0.39, 0.29) is 5.91 Å². The minimum atomic E-state index is -0.130. The highest BCUT2D eigenvalue weighted by Crippen LogP contribution is 2.31. The van der Waals surface area contributed by atoms with E-state index in [1.807, 2.05) is 67.1 Å². The Labute approximate surface area is 231 Å². The predicted molar refractivity (Wildman–Crippen MR) is 155 cm³/mol. The minimum Gasteiger partial charge on any atom is -0.457 e. The summed E-state index contributed by atoms with van der Waals surface area (Å²) in [7, 11) is 1.97. The zero-order valence-corrected chi connectivity index (χ0v) is 22.5. The molecule has 0 atom stereocenters. The van der Waals surface area contributed by atoms with Gasteiger partial charge in [0.1, 0.15) is 29.2 Å². The van der Waals surface area contributed by atoms with E-state index in [0.29, 0.717) is 37.5 Å². The van der Waals surface area contributed by atoms with E-state index in [1.165, 1.54) is 6.33 Å². The van der Waals surface area contributed by atoms with Crippen LogP contribution in [0.3, 0.4) is 0 Å². The van der Waals surface area contributed by atoms with Gasteiger partial charge in [0.05, 0.1) is 22.9 Å². The third-order valence-electron chi connectivity index (χ3n) is 6.95. The average Bonchev–Trinajstić information content (AvgIpc) is 3.34. The van der Waals surface area contributed by atoms with Crippen molar-refractivity contribution in [2.45, 2.75) is 13.8 Å².